The second-order valence-corrected chi connectivity index (χ2v) is 6.02. The van der Waals surface area contributed by atoms with Crippen LogP contribution in [0.15, 0.2) is 34.1 Å². The Labute approximate surface area is 128 Å². The minimum Gasteiger partial charge on any atom is -0.477 e. The Morgan fingerprint density at radius 3 is 2.70 bits per heavy atom. The van der Waals surface area contributed by atoms with E-state index >= 15 is 0 Å². The van der Waals surface area contributed by atoms with Gasteiger partial charge < -0.3 is 10.0 Å². The number of carboxylic acids is 1. The molecule has 0 radical (unpaired) electrons. The zero-order valence-electron chi connectivity index (χ0n) is 10.5. The Bertz CT molecular complexity index is 657. The van der Waals surface area contributed by atoms with Gasteiger partial charge in [0.05, 0.1) is 6.54 Å². The van der Waals surface area contributed by atoms with Crippen molar-refractivity contribution < 1.29 is 14.7 Å². The summed E-state index contributed by atoms with van der Waals surface area (Å²) in [6.45, 7) is 0.452. The second kappa shape index (κ2) is 6.15. The van der Waals surface area contributed by atoms with Crippen LogP contribution in [-0.2, 0) is 6.54 Å². The Balaban J connectivity index is 2.14. The van der Waals surface area contributed by atoms with Crippen molar-refractivity contribution in [3.8, 4) is 0 Å². The van der Waals surface area contributed by atoms with Gasteiger partial charge in [0, 0.05) is 21.8 Å². The van der Waals surface area contributed by atoms with Crippen LogP contribution in [0.5, 0.6) is 0 Å². The van der Waals surface area contributed by atoms with Gasteiger partial charge in [0.1, 0.15) is 11.4 Å². The lowest BCUT2D eigenvalue weighted by Crippen LogP contribution is -2.27. The van der Waals surface area contributed by atoms with Gasteiger partial charge >= 0.3 is 5.97 Å². The van der Waals surface area contributed by atoms with E-state index in [1.54, 1.807) is 18.4 Å². The maximum absolute atomic E-state index is 12.2. The van der Waals surface area contributed by atoms with Gasteiger partial charge in [0.15, 0.2) is 0 Å². The second-order valence-electron chi connectivity index (χ2n) is 4.11. The van der Waals surface area contributed by atoms with Crippen molar-refractivity contribution in [2.24, 2.45) is 0 Å². The summed E-state index contributed by atoms with van der Waals surface area (Å²) in [5.41, 5.74) is -0.00820. The predicted octanol–water partition coefficient (Wildman–Crippen LogP) is 2.88. The number of hydrogen-bond donors (Lipinski definition) is 1. The summed E-state index contributed by atoms with van der Waals surface area (Å²) in [4.78, 5) is 29.4. The van der Waals surface area contributed by atoms with Crippen LogP contribution in [0.4, 0.5) is 0 Å². The molecule has 0 saturated carbocycles. The number of aromatic nitrogens is 1. The highest BCUT2D eigenvalue weighted by molar-refractivity contribution is 9.10. The molecule has 20 heavy (non-hydrogen) atoms. The lowest BCUT2D eigenvalue weighted by atomic mass is 10.2. The highest BCUT2D eigenvalue weighted by Gasteiger charge is 2.16. The SMILES string of the molecule is CN(Cc1cc(Br)cs1)C(=O)c1cccc(C(=O)O)n1. The number of amides is 1. The van der Waals surface area contributed by atoms with Gasteiger partial charge in [-0.1, -0.05) is 6.07 Å². The minimum atomic E-state index is -1.15. The molecule has 0 bridgehead atoms. The summed E-state index contributed by atoms with van der Waals surface area (Å²) in [6.07, 6.45) is 0. The number of nitrogens with zero attached hydrogens (tertiary/aromatic N) is 2. The zero-order chi connectivity index (χ0) is 14.7. The topological polar surface area (TPSA) is 70.5 Å². The molecule has 1 amide bonds. The van der Waals surface area contributed by atoms with Gasteiger partial charge in [-0.15, -0.1) is 11.3 Å². The molecule has 0 fully saturated rings. The fourth-order valence-corrected chi connectivity index (χ4v) is 3.11. The van der Waals surface area contributed by atoms with Crippen LogP contribution in [-0.4, -0.2) is 33.9 Å². The smallest absolute Gasteiger partial charge is 0.354 e. The first-order valence-electron chi connectivity index (χ1n) is 5.66. The molecule has 0 atom stereocenters. The number of pyridine rings is 1. The normalized spacial score (nSPS) is 10.3. The van der Waals surface area contributed by atoms with Crippen molar-refractivity contribution in [1.82, 2.24) is 9.88 Å². The zero-order valence-corrected chi connectivity index (χ0v) is 12.9. The fourth-order valence-electron chi connectivity index (χ4n) is 1.61. The van der Waals surface area contributed by atoms with E-state index in [1.165, 1.54) is 23.1 Å². The maximum atomic E-state index is 12.2. The molecular weight excluding hydrogens is 344 g/mol. The molecule has 2 aromatic heterocycles. The van der Waals surface area contributed by atoms with E-state index in [0.29, 0.717) is 6.54 Å². The summed E-state index contributed by atoms with van der Waals surface area (Å²) < 4.78 is 0.976. The molecule has 0 unspecified atom stereocenters. The molecule has 0 spiro atoms. The molecule has 2 rings (SSSR count). The van der Waals surface area contributed by atoms with Crippen LogP contribution in [0.2, 0.25) is 0 Å². The van der Waals surface area contributed by atoms with Crippen molar-refractivity contribution in [3.63, 3.8) is 0 Å². The Morgan fingerprint density at radius 2 is 2.10 bits per heavy atom. The maximum Gasteiger partial charge on any atom is 0.354 e. The lowest BCUT2D eigenvalue weighted by molar-refractivity contribution is 0.0690. The van der Waals surface area contributed by atoms with Gasteiger partial charge in [0.25, 0.3) is 5.91 Å². The highest BCUT2D eigenvalue weighted by atomic mass is 79.9. The summed E-state index contributed by atoms with van der Waals surface area (Å²) in [5.74, 6) is -1.46. The highest BCUT2D eigenvalue weighted by Crippen LogP contribution is 2.21. The van der Waals surface area contributed by atoms with Crippen LogP contribution in [0, 0.1) is 0 Å². The standard InChI is InChI=1S/C13H11BrN2O3S/c1-16(6-9-5-8(14)7-20-9)12(17)10-3-2-4-11(15-10)13(18)19/h2-5,7H,6H2,1H3,(H,18,19). The number of rotatable bonds is 4. The Morgan fingerprint density at radius 1 is 1.40 bits per heavy atom. The summed E-state index contributed by atoms with van der Waals surface area (Å²) in [6, 6.07) is 6.32. The molecule has 0 aliphatic carbocycles. The number of halogens is 1. The third-order valence-corrected chi connectivity index (χ3v) is 4.23. The van der Waals surface area contributed by atoms with Crippen LogP contribution in [0.3, 0.4) is 0 Å². The number of hydrogen-bond acceptors (Lipinski definition) is 4. The van der Waals surface area contributed by atoms with E-state index in [4.69, 9.17) is 5.11 Å². The van der Waals surface area contributed by atoms with Gasteiger partial charge in [-0.2, -0.15) is 0 Å². The van der Waals surface area contributed by atoms with Gasteiger partial charge in [-0.3, -0.25) is 4.79 Å². The largest absolute Gasteiger partial charge is 0.477 e. The van der Waals surface area contributed by atoms with Crippen LogP contribution < -0.4 is 0 Å². The first-order valence-corrected chi connectivity index (χ1v) is 7.33. The third kappa shape index (κ3) is 3.43. The molecule has 0 aliphatic rings. The van der Waals surface area contributed by atoms with E-state index in [0.717, 1.165) is 9.35 Å². The number of thiophene rings is 1. The van der Waals surface area contributed by atoms with E-state index in [1.807, 2.05) is 11.4 Å². The summed E-state index contributed by atoms with van der Waals surface area (Å²) in [5, 5.41) is 10.8. The van der Waals surface area contributed by atoms with Crippen LogP contribution >= 0.6 is 27.3 Å². The van der Waals surface area contributed by atoms with E-state index in [-0.39, 0.29) is 17.3 Å². The number of carbonyl (C=O) groups is 2. The molecular formula is C13H11BrN2O3S. The summed E-state index contributed by atoms with van der Waals surface area (Å²) >= 11 is 4.90. The molecule has 1 N–H and O–H groups in total. The van der Waals surface area contributed by atoms with Gasteiger partial charge in [0.2, 0.25) is 0 Å². The van der Waals surface area contributed by atoms with Crippen LogP contribution in [0.1, 0.15) is 25.9 Å². The first-order chi connectivity index (χ1) is 9.47. The fraction of sp³-hybridized carbons (Fsp3) is 0.154. The van der Waals surface area contributed by atoms with Crippen molar-refractivity contribution in [2.45, 2.75) is 6.54 Å². The lowest BCUT2D eigenvalue weighted by Gasteiger charge is -2.15. The molecule has 104 valence electrons. The molecule has 0 saturated heterocycles. The predicted molar refractivity (Wildman–Crippen MR) is 79.0 cm³/mol. The average Bonchev–Trinajstić information content (AvgIpc) is 2.83. The Hall–Kier alpha value is -1.73. The third-order valence-electron chi connectivity index (χ3n) is 2.55. The van der Waals surface area contributed by atoms with Gasteiger partial charge in [-0.05, 0) is 34.1 Å². The van der Waals surface area contributed by atoms with Gasteiger partial charge in [-0.25, -0.2) is 9.78 Å². The van der Waals surface area contributed by atoms with E-state index in [2.05, 4.69) is 20.9 Å². The molecule has 0 aromatic carbocycles. The molecule has 7 heteroatoms. The number of carboxylic acid groups (broad SMARTS) is 1. The van der Waals surface area contributed by atoms with Crippen molar-refractivity contribution in [3.05, 3.63) is 50.4 Å². The number of carbonyl (C=O) groups excluding carboxylic acids is 1. The minimum absolute atomic E-state index is 0.128. The van der Waals surface area contributed by atoms with Crippen molar-refractivity contribution in [1.29, 1.82) is 0 Å². The van der Waals surface area contributed by atoms with Crippen LogP contribution in [0.25, 0.3) is 0 Å². The van der Waals surface area contributed by atoms with Crippen molar-refractivity contribution >= 4 is 39.1 Å². The first kappa shape index (κ1) is 14.7. The number of aromatic carboxylic acids is 1. The monoisotopic (exact) mass is 354 g/mol. The molecule has 2 heterocycles. The van der Waals surface area contributed by atoms with Crippen molar-refractivity contribution in [2.75, 3.05) is 7.05 Å². The average molecular weight is 355 g/mol. The van der Waals surface area contributed by atoms with E-state index in [9.17, 15) is 9.59 Å². The molecule has 0 aliphatic heterocycles. The molecule has 2 aromatic rings. The molecule has 5 nitrogen and oxygen atoms in total. The summed E-state index contributed by atoms with van der Waals surface area (Å²) in [7, 11) is 1.66. The Kier molecular flexibility index (Phi) is 4.51. The quantitative estimate of drug-likeness (QED) is 0.916. The van der Waals surface area contributed by atoms with E-state index < -0.39 is 5.97 Å².